The van der Waals surface area contributed by atoms with E-state index in [2.05, 4.69) is 11.8 Å². The topological polar surface area (TPSA) is 26.3 Å². The minimum absolute atomic E-state index is 0.157. The predicted molar refractivity (Wildman–Crippen MR) is 60.1 cm³/mol. The van der Waals surface area contributed by atoms with Crippen LogP contribution in [-0.2, 0) is 11.2 Å². The molecule has 0 radical (unpaired) electrons. The van der Waals surface area contributed by atoms with Crippen molar-refractivity contribution in [2.45, 2.75) is 13.3 Å². The summed E-state index contributed by atoms with van der Waals surface area (Å²) in [5.41, 5.74) is 0.659. The lowest BCUT2D eigenvalue weighted by Crippen LogP contribution is -2.01. The lowest BCUT2D eigenvalue weighted by atomic mass is 10.1. The standard InChI is InChI=1S/C12H10ClFO2/c1-3-4-8-5-10(14)9(7-12(13)15)11(6-8)16-2/h5-6H,7H2,1-2H3. The largest absolute Gasteiger partial charge is 0.496 e. The maximum Gasteiger partial charge on any atom is 0.226 e. The Bertz CT molecular complexity index is 472. The van der Waals surface area contributed by atoms with Gasteiger partial charge in [0, 0.05) is 11.1 Å². The van der Waals surface area contributed by atoms with Crippen LogP contribution in [0.4, 0.5) is 4.39 Å². The molecule has 0 N–H and O–H groups in total. The van der Waals surface area contributed by atoms with Gasteiger partial charge in [0.2, 0.25) is 5.24 Å². The number of halogens is 2. The van der Waals surface area contributed by atoms with Gasteiger partial charge in [0.15, 0.2) is 0 Å². The van der Waals surface area contributed by atoms with Crippen LogP contribution < -0.4 is 4.74 Å². The molecule has 1 aromatic rings. The SMILES string of the molecule is CC#Cc1cc(F)c(CC(=O)Cl)c(OC)c1. The van der Waals surface area contributed by atoms with Gasteiger partial charge in [-0.2, -0.15) is 0 Å². The van der Waals surface area contributed by atoms with E-state index in [0.717, 1.165) is 0 Å². The molecule has 1 rings (SSSR count). The first-order chi connectivity index (χ1) is 7.58. The van der Waals surface area contributed by atoms with Crippen LogP contribution in [0, 0.1) is 17.7 Å². The molecule has 0 heterocycles. The molecular formula is C12H10ClFO2. The molecule has 0 atom stereocenters. The highest BCUT2D eigenvalue weighted by atomic mass is 35.5. The first kappa shape index (κ1) is 12.5. The van der Waals surface area contributed by atoms with Crippen molar-refractivity contribution in [1.29, 1.82) is 0 Å². The molecule has 84 valence electrons. The molecule has 0 amide bonds. The molecular weight excluding hydrogens is 231 g/mol. The molecule has 0 saturated heterocycles. The second kappa shape index (κ2) is 5.53. The van der Waals surface area contributed by atoms with Crippen molar-refractivity contribution in [3.05, 3.63) is 29.1 Å². The fraction of sp³-hybridized carbons (Fsp3) is 0.250. The van der Waals surface area contributed by atoms with E-state index in [9.17, 15) is 9.18 Å². The van der Waals surface area contributed by atoms with Gasteiger partial charge in [-0.25, -0.2) is 4.39 Å². The Morgan fingerprint density at radius 2 is 2.25 bits per heavy atom. The van der Waals surface area contributed by atoms with E-state index >= 15 is 0 Å². The minimum Gasteiger partial charge on any atom is -0.496 e. The Labute approximate surface area is 98.4 Å². The van der Waals surface area contributed by atoms with Gasteiger partial charge in [-0.1, -0.05) is 5.92 Å². The van der Waals surface area contributed by atoms with Gasteiger partial charge >= 0.3 is 0 Å². The molecule has 0 aliphatic rings. The Kier molecular flexibility index (Phi) is 4.33. The molecule has 0 saturated carbocycles. The molecule has 16 heavy (non-hydrogen) atoms. The molecule has 0 aromatic heterocycles. The van der Waals surface area contributed by atoms with E-state index in [1.54, 1.807) is 13.0 Å². The zero-order valence-electron chi connectivity index (χ0n) is 8.93. The van der Waals surface area contributed by atoms with Gasteiger partial charge in [0.1, 0.15) is 11.6 Å². The first-order valence-electron chi connectivity index (χ1n) is 4.56. The highest BCUT2D eigenvalue weighted by Gasteiger charge is 2.13. The van der Waals surface area contributed by atoms with E-state index in [0.29, 0.717) is 5.56 Å². The van der Waals surface area contributed by atoms with Gasteiger partial charge in [0.25, 0.3) is 0 Å². The van der Waals surface area contributed by atoms with E-state index < -0.39 is 11.1 Å². The fourth-order valence-electron chi connectivity index (χ4n) is 1.32. The zero-order chi connectivity index (χ0) is 12.1. The van der Waals surface area contributed by atoms with E-state index in [1.807, 2.05) is 0 Å². The third-order valence-electron chi connectivity index (χ3n) is 1.96. The molecule has 0 unspecified atom stereocenters. The number of ether oxygens (including phenoxy) is 1. The highest BCUT2D eigenvalue weighted by molar-refractivity contribution is 6.63. The van der Waals surface area contributed by atoms with Gasteiger partial charge in [0.05, 0.1) is 13.5 Å². The Balaban J connectivity index is 3.26. The number of carbonyl (C=O) groups is 1. The van der Waals surface area contributed by atoms with Crippen molar-refractivity contribution in [3.63, 3.8) is 0 Å². The van der Waals surface area contributed by atoms with E-state index in [4.69, 9.17) is 16.3 Å². The maximum atomic E-state index is 13.6. The summed E-state index contributed by atoms with van der Waals surface area (Å²) in [4.78, 5) is 10.8. The van der Waals surface area contributed by atoms with Crippen molar-refractivity contribution in [2.75, 3.05) is 7.11 Å². The molecule has 0 bridgehead atoms. The van der Waals surface area contributed by atoms with Crippen molar-refractivity contribution in [3.8, 4) is 17.6 Å². The Hall–Kier alpha value is -1.53. The molecule has 0 aliphatic heterocycles. The lowest BCUT2D eigenvalue weighted by molar-refractivity contribution is -0.111. The van der Waals surface area contributed by atoms with Crippen LogP contribution in [0.15, 0.2) is 12.1 Å². The summed E-state index contributed by atoms with van der Waals surface area (Å²) in [6, 6.07) is 2.84. The monoisotopic (exact) mass is 240 g/mol. The van der Waals surface area contributed by atoms with Crippen LogP contribution >= 0.6 is 11.6 Å². The number of benzene rings is 1. The van der Waals surface area contributed by atoms with Crippen LogP contribution in [0.1, 0.15) is 18.1 Å². The smallest absolute Gasteiger partial charge is 0.226 e. The first-order valence-corrected chi connectivity index (χ1v) is 4.93. The van der Waals surface area contributed by atoms with Crippen LogP contribution in [-0.4, -0.2) is 12.4 Å². The van der Waals surface area contributed by atoms with E-state index in [1.165, 1.54) is 13.2 Å². The number of hydrogen-bond acceptors (Lipinski definition) is 2. The van der Waals surface area contributed by atoms with Gasteiger partial charge < -0.3 is 4.74 Å². The summed E-state index contributed by atoms with van der Waals surface area (Å²) in [6.45, 7) is 1.65. The fourth-order valence-corrected chi connectivity index (χ4v) is 1.45. The van der Waals surface area contributed by atoms with Gasteiger partial charge in [-0.15, -0.1) is 5.92 Å². The van der Waals surface area contributed by atoms with Crippen molar-refractivity contribution < 1.29 is 13.9 Å². The summed E-state index contributed by atoms with van der Waals surface area (Å²) in [5, 5.41) is -0.633. The Morgan fingerprint density at radius 1 is 1.56 bits per heavy atom. The third kappa shape index (κ3) is 2.98. The average molecular weight is 241 g/mol. The molecule has 0 fully saturated rings. The minimum atomic E-state index is -0.633. The number of rotatable bonds is 3. The Morgan fingerprint density at radius 3 is 2.75 bits per heavy atom. The third-order valence-corrected chi connectivity index (χ3v) is 2.09. The van der Waals surface area contributed by atoms with Crippen LogP contribution in [0.25, 0.3) is 0 Å². The molecule has 0 aliphatic carbocycles. The number of carbonyl (C=O) groups excluding carboxylic acids is 1. The number of methoxy groups -OCH3 is 1. The lowest BCUT2D eigenvalue weighted by Gasteiger charge is -2.08. The zero-order valence-corrected chi connectivity index (χ0v) is 9.69. The second-order valence-corrected chi connectivity index (χ2v) is 3.47. The van der Waals surface area contributed by atoms with Crippen LogP contribution in [0.2, 0.25) is 0 Å². The molecule has 0 spiro atoms. The highest BCUT2D eigenvalue weighted by Crippen LogP contribution is 2.24. The predicted octanol–water partition coefficient (Wildman–Crippen LogP) is 2.51. The van der Waals surface area contributed by atoms with Crippen LogP contribution in [0.3, 0.4) is 0 Å². The van der Waals surface area contributed by atoms with Crippen molar-refractivity contribution >= 4 is 16.8 Å². The van der Waals surface area contributed by atoms with Crippen molar-refractivity contribution in [2.24, 2.45) is 0 Å². The second-order valence-electron chi connectivity index (χ2n) is 3.05. The summed E-state index contributed by atoms with van der Waals surface area (Å²) < 4.78 is 18.6. The maximum absolute atomic E-state index is 13.6. The average Bonchev–Trinajstić information content (AvgIpc) is 2.21. The van der Waals surface area contributed by atoms with Crippen LogP contribution in [0.5, 0.6) is 5.75 Å². The van der Waals surface area contributed by atoms with Gasteiger partial charge in [-0.3, -0.25) is 4.79 Å². The molecule has 4 heteroatoms. The summed E-state index contributed by atoms with van der Waals surface area (Å²) in [5.74, 6) is 5.12. The summed E-state index contributed by atoms with van der Waals surface area (Å²) in [6.07, 6.45) is -0.198. The normalized spacial score (nSPS) is 9.25. The summed E-state index contributed by atoms with van der Waals surface area (Å²) >= 11 is 5.23. The van der Waals surface area contributed by atoms with E-state index in [-0.39, 0.29) is 17.7 Å². The molecule has 1 aromatic carbocycles. The van der Waals surface area contributed by atoms with Crippen molar-refractivity contribution in [1.82, 2.24) is 0 Å². The quantitative estimate of drug-likeness (QED) is 0.600. The number of hydrogen-bond donors (Lipinski definition) is 0. The van der Waals surface area contributed by atoms with Gasteiger partial charge in [-0.05, 0) is 30.7 Å². The summed E-state index contributed by atoms with van der Waals surface area (Å²) in [7, 11) is 1.40. The molecule has 2 nitrogen and oxygen atoms in total.